The van der Waals surface area contributed by atoms with Gasteiger partial charge in [0.05, 0.1) is 5.57 Å². The molecule has 0 radical (unpaired) electrons. The van der Waals surface area contributed by atoms with E-state index in [1.165, 1.54) is 12.1 Å². The molecule has 1 nitrogen and oxygen atoms in total. The molecule has 1 fully saturated rings. The first-order valence-electron chi connectivity index (χ1n) is 6.58. The molecule has 1 saturated carbocycles. The number of carbonyl (C=O) groups is 1. The lowest BCUT2D eigenvalue weighted by Crippen LogP contribution is -2.02. The van der Waals surface area contributed by atoms with Crippen LogP contribution in [0.2, 0.25) is 0 Å². The van der Waals surface area contributed by atoms with Crippen LogP contribution in [0.4, 0.5) is 4.39 Å². The number of hydrogen-bond donors (Lipinski definition) is 0. The molecule has 0 aliphatic heterocycles. The Hall–Kier alpha value is -2.44. The zero-order valence-electron chi connectivity index (χ0n) is 10.9. The summed E-state index contributed by atoms with van der Waals surface area (Å²) in [7, 11) is 0. The van der Waals surface area contributed by atoms with Crippen LogP contribution in [0.5, 0.6) is 0 Å². The molecule has 98 valence electrons. The summed E-state index contributed by atoms with van der Waals surface area (Å²) >= 11 is 0. The average molecular weight is 264 g/mol. The van der Waals surface area contributed by atoms with Gasteiger partial charge in [-0.3, -0.25) is 4.79 Å². The summed E-state index contributed by atoms with van der Waals surface area (Å²) in [6.45, 7) is 0. The second-order valence-electron chi connectivity index (χ2n) is 4.81. The third kappa shape index (κ3) is 2.76. The van der Waals surface area contributed by atoms with Gasteiger partial charge in [-0.1, -0.05) is 42.5 Å². The van der Waals surface area contributed by atoms with Crippen LogP contribution in [0.15, 0.2) is 65.9 Å². The molecule has 0 aromatic heterocycles. The normalized spacial score (nSPS) is 12.8. The minimum atomic E-state index is -0.306. The number of hydrogen-bond acceptors (Lipinski definition) is 1. The van der Waals surface area contributed by atoms with E-state index in [4.69, 9.17) is 0 Å². The number of carbonyl (C=O) groups excluding carboxylic acids is 1. The van der Waals surface area contributed by atoms with Crippen molar-refractivity contribution < 1.29 is 9.18 Å². The van der Waals surface area contributed by atoms with Gasteiger partial charge in [0.2, 0.25) is 5.78 Å². The van der Waals surface area contributed by atoms with E-state index < -0.39 is 0 Å². The molecule has 2 heteroatoms. The van der Waals surface area contributed by atoms with E-state index in [1.54, 1.807) is 24.3 Å². The zero-order valence-corrected chi connectivity index (χ0v) is 10.9. The van der Waals surface area contributed by atoms with Crippen LogP contribution in [-0.4, -0.2) is 5.78 Å². The van der Waals surface area contributed by atoms with E-state index in [2.05, 4.69) is 5.73 Å². The summed E-state index contributed by atoms with van der Waals surface area (Å²) < 4.78 is 13.0. The lowest BCUT2D eigenvalue weighted by Gasteiger charge is -2.04. The molecule has 20 heavy (non-hydrogen) atoms. The van der Waals surface area contributed by atoms with Crippen molar-refractivity contribution >= 4 is 11.4 Å². The minimum Gasteiger partial charge on any atom is -0.288 e. The average Bonchev–Trinajstić information content (AvgIpc) is 3.30. The van der Waals surface area contributed by atoms with E-state index in [0.29, 0.717) is 16.7 Å². The molecular formula is C18H13FO. The first-order valence-corrected chi connectivity index (χ1v) is 6.58. The van der Waals surface area contributed by atoms with Gasteiger partial charge in [0.15, 0.2) is 0 Å². The maximum absolute atomic E-state index is 13.0. The van der Waals surface area contributed by atoms with Crippen LogP contribution >= 0.6 is 0 Å². The molecule has 1 aliphatic carbocycles. The first-order chi connectivity index (χ1) is 9.74. The summed E-state index contributed by atoms with van der Waals surface area (Å²) in [6.07, 6.45) is 1.99. The predicted molar refractivity (Wildman–Crippen MR) is 76.8 cm³/mol. The third-order valence-electron chi connectivity index (χ3n) is 3.20. The molecule has 0 atom stereocenters. The maximum Gasteiger partial charge on any atom is 0.201 e. The quantitative estimate of drug-likeness (QED) is 0.456. The van der Waals surface area contributed by atoms with Crippen molar-refractivity contribution in [3.05, 3.63) is 82.8 Å². The molecule has 0 unspecified atom stereocenters. The van der Waals surface area contributed by atoms with Crippen LogP contribution in [0.1, 0.15) is 28.8 Å². The smallest absolute Gasteiger partial charge is 0.201 e. The van der Waals surface area contributed by atoms with Crippen LogP contribution in [-0.2, 0) is 0 Å². The second-order valence-corrected chi connectivity index (χ2v) is 4.81. The van der Waals surface area contributed by atoms with Gasteiger partial charge in [-0.2, -0.15) is 0 Å². The van der Waals surface area contributed by atoms with E-state index in [0.717, 1.165) is 18.4 Å². The molecule has 2 aromatic carbocycles. The summed E-state index contributed by atoms with van der Waals surface area (Å²) in [5, 5.41) is 0. The van der Waals surface area contributed by atoms with Crippen molar-refractivity contribution in [2.45, 2.75) is 12.8 Å². The number of rotatable bonds is 3. The summed E-state index contributed by atoms with van der Waals surface area (Å²) in [4.78, 5) is 12.6. The Morgan fingerprint density at radius 1 is 0.900 bits per heavy atom. The van der Waals surface area contributed by atoms with E-state index >= 15 is 0 Å². The van der Waals surface area contributed by atoms with E-state index in [-0.39, 0.29) is 11.6 Å². The molecule has 0 N–H and O–H groups in total. The molecule has 0 spiro atoms. The molecule has 2 aromatic rings. The monoisotopic (exact) mass is 264 g/mol. The third-order valence-corrected chi connectivity index (χ3v) is 3.20. The van der Waals surface area contributed by atoms with Gasteiger partial charge in [-0.05, 0) is 36.1 Å². The molecule has 0 heterocycles. The second kappa shape index (κ2) is 5.28. The van der Waals surface area contributed by atoms with Crippen LogP contribution in [0, 0.1) is 5.82 Å². The number of halogens is 1. The highest BCUT2D eigenvalue weighted by atomic mass is 19.1. The summed E-state index contributed by atoms with van der Waals surface area (Å²) in [6, 6.07) is 15.1. The van der Waals surface area contributed by atoms with Crippen molar-refractivity contribution in [3.8, 4) is 0 Å². The fourth-order valence-electron chi connectivity index (χ4n) is 1.97. The SMILES string of the molecule is O=C(C(=C=C1CC1)c1ccc(F)cc1)c1ccccc1. The topological polar surface area (TPSA) is 17.1 Å². The Morgan fingerprint density at radius 2 is 1.55 bits per heavy atom. The highest BCUT2D eigenvalue weighted by Crippen LogP contribution is 2.29. The molecule has 0 saturated heterocycles. The molecule has 0 bridgehead atoms. The molecular weight excluding hydrogens is 251 g/mol. The fourth-order valence-corrected chi connectivity index (χ4v) is 1.97. The van der Waals surface area contributed by atoms with Gasteiger partial charge in [0.1, 0.15) is 5.82 Å². The van der Waals surface area contributed by atoms with Gasteiger partial charge in [0, 0.05) is 5.56 Å². The Kier molecular flexibility index (Phi) is 3.32. The van der Waals surface area contributed by atoms with Crippen molar-refractivity contribution in [2.24, 2.45) is 0 Å². The number of benzene rings is 2. The highest BCUT2D eigenvalue weighted by molar-refractivity contribution is 6.28. The summed E-state index contributed by atoms with van der Waals surface area (Å²) in [5.41, 5.74) is 6.18. The minimum absolute atomic E-state index is 0.0726. The van der Waals surface area contributed by atoms with Crippen LogP contribution in [0.25, 0.3) is 5.57 Å². The van der Waals surface area contributed by atoms with Crippen LogP contribution in [0.3, 0.4) is 0 Å². The van der Waals surface area contributed by atoms with Gasteiger partial charge < -0.3 is 0 Å². The lowest BCUT2D eigenvalue weighted by atomic mass is 9.97. The zero-order chi connectivity index (χ0) is 13.9. The van der Waals surface area contributed by atoms with Gasteiger partial charge >= 0.3 is 0 Å². The molecule has 3 rings (SSSR count). The largest absolute Gasteiger partial charge is 0.288 e. The van der Waals surface area contributed by atoms with Crippen molar-refractivity contribution in [2.75, 3.05) is 0 Å². The summed E-state index contributed by atoms with van der Waals surface area (Å²) in [5.74, 6) is -0.379. The van der Waals surface area contributed by atoms with Gasteiger partial charge in [0.25, 0.3) is 0 Å². The van der Waals surface area contributed by atoms with Gasteiger partial charge in [-0.25, -0.2) is 4.39 Å². The highest BCUT2D eigenvalue weighted by Gasteiger charge is 2.17. The Morgan fingerprint density at radius 3 is 2.15 bits per heavy atom. The number of Topliss-reactive ketones (excluding diaryl/α,β-unsaturated/α-hetero) is 1. The number of ketones is 1. The number of allylic oxidation sites excluding steroid dienone is 1. The Bertz CT molecular complexity index is 699. The van der Waals surface area contributed by atoms with E-state index in [1.807, 2.05) is 18.2 Å². The Labute approximate surface area is 117 Å². The fraction of sp³-hybridized carbons (Fsp3) is 0.111. The molecule has 1 aliphatic rings. The maximum atomic E-state index is 13.0. The predicted octanol–water partition coefficient (Wildman–Crippen LogP) is 4.41. The standard InChI is InChI=1S/C18H13FO/c19-16-10-8-14(9-11-16)17(12-13-6-7-13)18(20)15-4-2-1-3-5-15/h1-5,8-11H,6-7H2. The van der Waals surface area contributed by atoms with Gasteiger partial charge in [-0.15, -0.1) is 5.73 Å². The van der Waals surface area contributed by atoms with Crippen molar-refractivity contribution in [1.82, 2.24) is 0 Å². The first kappa shape index (κ1) is 12.6. The van der Waals surface area contributed by atoms with Crippen LogP contribution < -0.4 is 0 Å². The molecule has 0 amide bonds. The van der Waals surface area contributed by atoms with E-state index in [9.17, 15) is 9.18 Å². The van der Waals surface area contributed by atoms with Crippen molar-refractivity contribution in [3.63, 3.8) is 0 Å². The van der Waals surface area contributed by atoms with Crippen molar-refractivity contribution in [1.29, 1.82) is 0 Å². The Balaban J connectivity index is 2.07. The lowest BCUT2D eigenvalue weighted by molar-refractivity contribution is 0.105.